The van der Waals surface area contributed by atoms with Gasteiger partial charge in [-0.05, 0) is 55.7 Å². The third kappa shape index (κ3) is 5.57. The van der Waals surface area contributed by atoms with E-state index in [1.54, 1.807) is 24.3 Å². The monoisotopic (exact) mass is 435 g/mol. The molecule has 1 aliphatic rings. The van der Waals surface area contributed by atoms with Crippen LogP contribution in [0.4, 0.5) is 5.69 Å². The second-order valence-electron chi connectivity index (χ2n) is 7.16. The SMILES string of the molecule is CC(NCC(=O)Nc1ccc(S(=O)(=O)N2CCCCC2)cc1)c1ccccc1Cl. The van der Waals surface area contributed by atoms with E-state index in [1.807, 2.05) is 31.2 Å². The summed E-state index contributed by atoms with van der Waals surface area (Å²) >= 11 is 6.18. The van der Waals surface area contributed by atoms with Crippen LogP contribution in [0.3, 0.4) is 0 Å². The van der Waals surface area contributed by atoms with Gasteiger partial charge in [0, 0.05) is 29.8 Å². The number of piperidine rings is 1. The Morgan fingerprint density at radius 3 is 2.38 bits per heavy atom. The predicted octanol–water partition coefficient (Wildman–Crippen LogP) is 3.80. The van der Waals surface area contributed by atoms with Gasteiger partial charge in [-0.15, -0.1) is 0 Å². The number of nitrogens with one attached hydrogen (secondary N) is 2. The molecule has 8 heteroatoms. The van der Waals surface area contributed by atoms with Gasteiger partial charge in [0.1, 0.15) is 0 Å². The third-order valence-corrected chi connectivity index (χ3v) is 7.29. The number of rotatable bonds is 7. The fourth-order valence-electron chi connectivity index (χ4n) is 3.35. The van der Waals surface area contributed by atoms with Crippen LogP contribution in [0.1, 0.15) is 37.8 Å². The number of carbonyl (C=O) groups is 1. The van der Waals surface area contributed by atoms with E-state index < -0.39 is 10.0 Å². The molecule has 1 fully saturated rings. The number of hydrogen-bond acceptors (Lipinski definition) is 4. The van der Waals surface area contributed by atoms with E-state index in [4.69, 9.17) is 11.6 Å². The predicted molar refractivity (Wildman–Crippen MR) is 116 cm³/mol. The van der Waals surface area contributed by atoms with Gasteiger partial charge in [0.25, 0.3) is 0 Å². The molecular formula is C21H26ClN3O3S. The standard InChI is InChI=1S/C21H26ClN3O3S/c1-16(19-7-3-4-8-20(19)22)23-15-21(26)24-17-9-11-18(12-10-17)29(27,28)25-13-5-2-6-14-25/h3-4,7-12,16,23H,2,5-6,13-15H2,1H3,(H,24,26). The Bertz CT molecular complexity index is 942. The van der Waals surface area contributed by atoms with Crippen LogP contribution in [-0.2, 0) is 14.8 Å². The Morgan fingerprint density at radius 1 is 1.07 bits per heavy atom. The fourth-order valence-corrected chi connectivity index (χ4v) is 5.17. The second kappa shape index (κ2) is 9.71. The zero-order valence-corrected chi connectivity index (χ0v) is 18.0. The molecule has 0 radical (unpaired) electrons. The highest BCUT2D eigenvalue weighted by Crippen LogP contribution is 2.23. The highest BCUT2D eigenvalue weighted by atomic mass is 35.5. The number of nitrogens with zero attached hydrogens (tertiary/aromatic N) is 1. The van der Waals surface area contributed by atoms with Crippen LogP contribution in [0, 0.1) is 0 Å². The topological polar surface area (TPSA) is 78.5 Å². The third-order valence-electron chi connectivity index (χ3n) is 5.03. The number of anilines is 1. The fraction of sp³-hybridized carbons (Fsp3) is 0.381. The molecule has 156 valence electrons. The second-order valence-corrected chi connectivity index (χ2v) is 9.51. The van der Waals surface area contributed by atoms with Gasteiger partial charge in [0.05, 0.1) is 11.4 Å². The summed E-state index contributed by atoms with van der Waals surface area (Å²) in [7, 11) is -3.47. The van der Waals surface area contributed by atoms with Crippen molar-refractivity contribution >= 4 is 33.2 Å². The molecule has 0 aromatic heterocycles. The van der Waals surface area contributed by atoms with E-state index in [0.717, 1.165) is 24.8 Å². The maximum atomic E-state index is 12.7. The average molecular weight is 436 g/mol. The van der Waals surface area contributed by atoms with Gasteiger partial charge in [0.15, 0.2) is 0 Å². The summed E-state index contributed by atoms with van der Waals surface area (Å²) in [5.74, 6) is -0.212. The molecule has 6 nitrogen and oxygen atoms in total. The smallest absolute Gasteiger partial charge is 0.243 e. The highest BCUT2D eigenvalue weighted by molar-refractivity contribution is 7.89. The molecule has 2 aromatic carbocycles. The zero-order chi connectivity index (χ0) is 20.9. The molecule has 1 atom stereocenters. The van der Waals surface area contributed by atoms with Crippen LogP contribution in [0.5, 0.6) is 0 Å². The van der Waals surface area contributed by atoms with Gasteiger partial charge < -0.3 is 10.6 Å². The molecule has 1 unspecified atom stereocenters. The van der Waals surface area contributed by atoms with Gasteiger partial charge >= 0.3 is 0 Å². The van der Waals surface area contributed by atoms with Gasteiger partial charge in [0.2, 0.25) is 15.9 Å². The van der Waals surface area contributed by atoms with Crippen molar-refractivity contribution in [1.29, 1.82) is 0 Å². The van der Waals surface area contributed by atoms with Crippen LogP contribution in [0.25, 0.3) is 0 Å². The molecule has 3 rings (SSSR count). The minimum atomic E-state index is -3.47. The van der Waals surface area contributed by atoms with Crippen molar-refractivity contribution in [3.05, 3.63) is 59.1 Å². The summed E-state index contributed by atoms with van der Waals surface area (Å²) in [5.41, 5.74) is 1.48. The number of benzene rings is 2. The first-order valence-corrected chi connectivity index (χ1v) is 11.6. The molecule has 29 heavy (non-hydrogen) atoms. The summed E-state index contributed by atoms with van der Waals surface area (Å²) < 4.78 is 26.9. The molecule has 1 amide bonds. The lowest BCUT2D eigenvalue weighted by Crippen LogP contribution is -2.35. The summed E-state index contributed by atoms with van der Waals surface area (Å²) in [6.07, 6.45) is 2.86. The largest absolute Gasteiger partial charge is 0.325 e. The summed E-state index contributed by atoms with van der Waals surface area (Å²) in [6.45, 7) is 3.18. The molecule has 1 heterocycles. The Balaban J connectivity index is 1.55. The van der Waals surface area contributed by atoms with Gasteiger partial charge in [-0.25, -0.2) is 8.42 Å². The van der Waals surface area contributed by atoms with Crippen molar-refractivity contribution in [1.82, 2.24) is 9.62 Å². The van der Waals surface area contributed by atoms with Gasteiger partial charge in [-0.3, -0.25) is 4.79 Å². The highest BCUT2D eigenvalue weighted by Gasteiger charge is 2.25. The van der Waals surface area contributed by atoms with Crippen molar-refractivity contribution in [2.24, 2.45) is 0 Å². The normalized spacial score (nSPS) is 16.3. The first-order valence-electron chi connectivity index (χ1n) is 9.76. The molecule has 0 saturated carbocycles. The minimum absolute atomic E-state index is 0.0773. The van der Waals surface area contributed by atoms with E-state index >= 15 is 0 Å². The summed E-state index contributed by atoms with van der Waals surface area (Å²) in [4.78, 5) is 12.5. The van der Waals surface area contributed by atoms with E-state index in [-0.39, 0.29) is 23.4 Å². The first-order chi connectivity index (χ1) is 13.9. The zero-order valence-electron chi connectivity index (χ0n) is 16.4. The molecule has 1 saturated heterocycles. The summed E-state index contributed by atoms with van der Waals surface area (Å²) in [6, 6.07) is 13.7. The molecule has 0 spiro atoms. The van der Waals surface area contributed by atoms with E-state index in [1.165, 1.54) is 4.31 Å². The number of carbonyl (C=O) groups excluding carboxylic acids is 1. The number of amides is 1. The van der Waals surface area contributed by atoms with Crippen molar-refractivity contribution in [3.8, 4) is 0 Å². The number of hydrogen-bond donors (Lipinski definition) is 2. The number of halogens is 1. The van der Waals surface area contributed by atoms with E-state index in [9.17, 15) is 13.2 Å². The Labute approximate surface area is 177 Å². The van der Waals surface area contributed by atoms with Crippen molar-refractivity contribution in [2.45, 2.75) is 37.1 Å². The molecule has 2 aromatic rings. The van der Waals surface area contributed by atoms with Crippen LogP contribution in [0.2, 0.25) is 5.02 Å². The Hall–Kier alpha value is -1.93. The maximum absolute atomic E-state index is 12.7. The molecule has 0 aliphatic carbocycles. The first kappa shape index (κ1) is 21.8. The molecular weight excluding hydrogens is 410 g/mol. The maximum Gasteiger partial charge on any atom is 0.243 e. The van der Waals surface area contributed by atoms with Crippen molar-refractivity contribution < 1.29 is 13.2 Å². The Morgan fingerprint density at radius 2 is 1.72 bits per heavy atom. The van der Waals surface area contributed by atoms with Gasteiger partial charge in [-0.1, -0.05) is 36.2 Å². The quantitative estimate of drug-likeness (QED) is 0.693. The average Bonchev–Trinajstić information content (AvgIpc) is 2.73. The van der Waals surface area contributed by atoms with Crippen molar-refractivity contribution in [2.75, 3.05) is 25.0 Å². The lowest BCUT2D eigenvalue weighted by Gasteiger charge is -2.25. The van der Waals surface area contributed by atoms with Gasteiger partial charge in [-0.2, -0.15) is 4.31 Å². The Kier molecular flexibility index (Phi) is 7.29. The lowest BCUT2D eigenvalue weighted by atomic mass is 10.1. The van der Waals surface area contributed by atoms with Crippen LogP contribution >= 0.6 is 11.6 Å². The van der Waals surface area contributed by atoms with Crippen molar-refractivity contribution in [3.63, 3.8) is 0 Å². The van der Waals surface area contributed by atoms with Crippen LogP contribution < -0.4 is 10.6 Å². The van der Waals surface area contributed by atoms with Crippen LogP contribution in [-0.4, -0.2) is 38.3 Å². The van der Waals surface area contributed by atoms with E-state index in [2.05, 4.69) is 10.6 Å². The summed E-state index contributed by atoms with van der Waals surface area (Å²) in [5, 5.41) is 6.57. The van der Waals surface area contributed by atoms with Crippen LogP contribution in [0.15, 0.2) is 53.4 Å². The lowest BCUT2D eigenvalue weighted by molar-refractivity contribution is -0.115. The van der Waals surface area contributed by atoms with E-state index in [0.29, 0.717) is 23.8 Å². The number of sulfonamides is 1. The minimum Gasteiger partial charge on any atom is -0.325 e. The molecule has 1 aliphatic heterocycles. The molecule has 0 bridgehead atoms. The molecule has 2 N–H and O–H groups in total.